The van der Waals surface area contributed by atoms with Gasteiger partial charge in [-0.3, -0.25) is 4.79 Å². The summed E-state index contributed by atoms with van der Waals surface area (Å²) in [7, 11) is -3.27. The lowest BCUT2D eigenvalue weighted by molar-refractivity contribution is -0.140. The van der Waals surface area contributed by atoms with Crippen LogP contribution in [-0.2, 0) is 14.8 Å². The van der Waals surface area contributed by atoms with Crippen LogP contribution in [0.1, 0.15) is 37.2 Å². The van der Waals surface area contributed by atoms with Gasteiger partial charge in [0.1, 0.15) is 11.6 Å². The molecule has 2 aromatic rings. The van der Waals surface area contributed by atoms with Crippen molar-refractivity contribution in [2.24, 2.45) is 5.92 Å². The Morgan fingerprint density at radius 2 is 1.74 bits per heavy atom. The SMILES string of the molecule is O=C([C@@H]1C[C@H]1c1ccccc1-c1c(F)cccc1F)N1CC[C@@H]1CNS(=O)(=O)C1CC1. The molecule has 8 heteroatoms. The van der Waals surface area contributed by atoms with E-state index in [-0.39, 0.29) is 41.1 Å². The van der Waals surface area contributed by atoms with Gasteiger partial charge in [0.25, 0.3) is 0 Å². The predicted molar refractivity (Wildman–Crippen MR) is 113 cm³/mol. The molecule has 1 heterocycles. The maximum atomic E-state index is 14.4. The Kier molecular flexibility index (Phi) is 5.09. The van der Waals surface area contributed by atoms with E-state index in [1.807, 2.05) is 12.1 Å². The van der Waals surface area contributed by atoms with Crippen LogP contribution in [0.25, 0.3) is 11.1 Å². The quantitative estimate of drug-likeness (QED) is 0.709. The van der Waals surface area contributed by atoms with E-state index in [4.69, 9.17) is 0 Å². The number of amides is 1. The second-order valence-corrected chi connectivity index (χ2v) is 10.7. The van der Waals surface area contributed by atoms with Crippen molar-refractivity contribution in [1.29, 1.82) is 0 Å². The normalized spacial score (nSPS) is 25.2. The molecule has 0 aromatic heterocycles. The predicted octanol–water partition coefficient (Wildman–Crippen LogP) is 3.42. The van der Waals surface area contributed by atoms with E-state index in [9.17, 15) is 22.0 Å². The lowest BCUT2D eigenvalue weighted by Gasteiger charge is -2.41. The van der Waals surface area contributed by atoms with Crippen molar-refractivity contribution in [1.82, 2.24) is 9.62 Å². The zero-order chi connectivity index (χ0) is 21.8. The van der Waals surface area contributed by atoms with Crippen LogP contribution in [0.15, 0.2) is 42.5 Å². The van der Waals surface area contributed by atoms with Crippen LogP contribution in [0.4, 0.5) is 8.78 Å². The fourth-order valence-electron chi connectivity index (χ4n) is 4.48. The summed E-state index contributed by atoms with van der Waals surface area (Å²) in [5.41, 5.74) is 1.19. The molecule has 3 atom stereocenters. The molecule has 2 saturated carbocycles. The first kappa shape index (κ1) is 20.6. The maximum absolute atomic E-state index is 14.4. The minimum atomic E-state index is -3.27. The number of nitrogens with one attached hydrogen (secondary N) is 1. The zero-order valence-electron chi connectivity index (χ0n) is 16.9. The van der Waals surface area contributed by atoms with E-state index in [0.717, 1.165) is 12.0 Å². The van der Waals surface area contributed by atoms with Crippen LogP contribution in [0.3, 0.4) is 0 Å². The van der Waals surface area contributed by atoms with Crippen LogP contribution in [0, 0.1) is 17.6 Å². The van der Waals surface area contributed by atoms with Crippen molar-refractivity contribution >= 4 is 15.9 Å². The van der Waals surface area contributed by atoms with Crippen molar-refractivity contribution in [2.75, 3.05) is 13.1 Å². The highest BCUT2D eigenvalue weighted by molar-refractivity contribution is 7.90. The van der Waals surface area contributed by atoms with Gasteiger partial charge in [0.2, 0.25) is 15.9 Å². The first-order valence-electron chi connectivity index (χ1n) is 10.7. The second kappa shape index (κ2) is 7.67. The van der Waals surface area contributed by atoms with E-state index in [0.29, 0.717) is 31.4 Å². The smallest absolute Gasteiger partial charge is 0.226 e. The zero-order valence-corrected chi connectivity index (χ0v) is 17.7. The molecule has 5 nitrogen and oxygen atoms in total. The molecule has 1 amide bonds. The van der Waals surface area contributed by atoms with Gasteiger partial charge in [-0.25, -0.2) is 21.9 Å². The Balaban J connectivity index is 1.29. The van der Waals surface area contributed by atoms with E-state index in [1.165, 1.54) is 18.2 Å². The third kappa shape index (κ3) is 3.87. The van der Waals surface area contributed by atoms with Gasteiger partial charge in [0, 0.05) is 25.0 Å². The summed E-state index contributed by atoms with van der Waals surface area (Å²) < 4.78 is 55.5. The van der Waals surface area contributed by atoms with Gasteiger partial charge in [-0.1, -0.05) is 30.3 Å². The van der Waals surface area contributed by atoms with Crippen LogP contribution in [0.2, 0.25) is 0 Å². The van der Waals surface area contributed by atoms with Crippen molar-refractivity contribution in [3.8, 4) is 11.1 Å². The van der Waals surface area contributed by atoms with E-state index < -0.39 is 21.7 Å². The first-order valence-corrected chi connectivity index (χ1v) is 12.2. The Morgan fingerprint density at radius 3 is 2.39 bits per heavy atom. The highest BCUT2D eigenvalue weighted by Crippen LogP contribution is 2.52. The number of halogens is 2. The van der Waals surface area contributed by atoms with Gasteiger partial charge in [-0.05, 0) is 54.9 Å². The van der Waals surface area contributed by atoms with Crippen LogP contribution >= 0.6 is 0 Å². The van der Waals surface area contributed by atoms with E-state index in [2.05, 4.69) is 4.72 Å². The molecule has 2 aromatic carbocycles. The summed E-state index contributed by atoms with van der Waals surface area (Å²) in [5.74, 6) is -1.58. The van der Waals surface area contributed by atoms with Gasteiger partial charge in [0.15, 0.2) is 0 Å². The average Bonchev–Trinajstić information content (AvgIpc) is 3.61. The molecular formula is C23H24F2N2O3S. The topological polar surface area (TPSA) is 66.5 Å². The summed E-state index contributed by atoms with van der Waals surface area (Å²) >= 11 is 0. The monoisotopic (exact) mass is 446 g/mol. The van der Waals surface area contributed by atoms with Gasteiger partial charge < -0.3 is 4.90 Å². The minimum Gasteiger partial charge on any atom is -0.338 e. The van der Waals surface area contributed by atoms with Gasteiger partial charge in [-0.2, -0.15) is 0 Å². The maximum Gasteiger partial charge on any atom is 0.226 e. The highest BCUT2D eigenvalue weighted by atomic mass is 32.2. The summed E-state index contributed by atoms with van der Waals surface area (Å²) in [6, 6.07) is 10.8. The molecule has 1 saturated heterocycles. The Hall–Kier alpha value is -2.32. The molecule has 1 N–H and O–H groups in total. The molecule has 164 valence electrons. The number of hydrogen-bond acceptors (Lipinski definition) is 3. The van der Waals surface area contributed by atoms with Crippen molar-refractivity contribution in [3.05, 3.63) is 59.7 Å². The minimum absolute atomic E-state index is 0.00400. The van der Waals surface area contributed by atoms with Crippen LogP contribution in [0.5, 0.6) is 0 Å². The third-order valence-corrected chi connectivity index (χ3v) is 8.53. The molecule has 0 spiro atoms. The van der Waals surface area contributed by atoms with Gasteiger partial charge >= 0.3 is 0 Å². The van der Waals surface area contributed by atoms with E-state index >= 15 is 0 Å². The van der Waals surface area contributed by atoms with Crippen LogP contribution in [-0.4, -0.2) is 43.6 Å². The molecule has 5 rings (SSSR count). The lowest BCUT2D eigenvalue weighted by Crippen LogP contribution is -2.56. The Bertz CT molecular complexity index is 1110. The average molecular weight is 447 g/mol. The molecule has 0 bridgehead atoms. The Morgan fingerprint density at radius 1 is 1.03 bits per heavy atom. The summed E-state index contributed by atoms with van der Waals surface area (Å²) in [6.07, 6.45) is 2.80. The fourth-order valence-corrected chi connectivity index (χ4v) is 5.90. The van der Waals surface area contributed by atoms with Crippen molar-refractivity contribution < 1.29 is 22.0 Å². The van der Waals surface area contributed by atoms with E-state index in [1.54, 1.807) is 17.0 Å². The number of sulfonamides is 1. The molecule has 1 aliphatic heterocycles. The first-order chi connectivity index (χ1) is 14.9. The molecule has 3 aliphatic rings. The summed E-state index contributed by atoms with van der Waals surface area (Å²) in [6.45, 7) is 0.862. The van der Waals surface area contributed by atoms with Crippen molar-refractivity contribution in [3.63, 3.8) is 0 Å². The standard InChI is InChI=1S/C23H24F2N2O3S/c24-20-6-3-7-21(25)22(20)17-5-2-1-4-16(17)18-12-19(18)23(28)27-11-10-14(27)13-26-31(29,30)15-8-9-15/h1-7,14-15,18-19,26H,8-13H2/t14-,18+,19-/m1/s1. The molecule has 31 heavy (non-hydrogen) atoms. The lowest BCUT2D eigenvalue weighted by atomic mass is 9.94. The summed E-state index contributed by atoms with van der Waals surface area (Å²) in [4.78, 5) is 14.8. The number of rotatable bonds is 7. The highest BCUT2D eigenvalue weighted by Gasteiger charge is 2.49. The number of carbonyl (C=O) groups is 1. The molecule has 0 radical (unpaired) electrons. The van der Waals surface area contributed by atoms with Gasteiger partial charge in [-0.15, -0.1) is 0 Å². The largest absolute Gasteiger partial charge is 0.338 e. The van der Waals surface area contributed by atoms with Crippen molar-refractivity contribution in [2.45, 2.75) is 42.9 Å². The molecule has 0 unspecified atom stereocenters. The number of benzene rings is 2. The van der Waals surface area contributed by atoms with Gasteiger partial charge in [0.05, 0.1) is 10.8 Å². The number of carbonyl (C=O) groups excluding carboxylic acids is 1. The number of likely N-dealkylation sites (tertiary alicyclic amines) is 1. The van der Waals surface area contributed by atoms with Crippen LogP contribution < -0.4 is 4.72 Å². The molecule has 2 aliphatic carbocycles. The molecule has 3 fully saturated rings. The number of nitrogens with zero attached hydrogens (tertiary/aromatic N) is 1. The number of hydrogen-bond donors (Lipinski definition) is 1. The second-order valence-electron chi connectivity index (χ2n) is 8.70. The third-order valence-electron chi connectivity index (χ3n) is 6.61. The fraction of sp³-hybridized carbons (Fsp3) is 0.435. The molecular weight excluding hydrogens is 422 g/mol. The summed E-state index contributed by atoms with van der Waals surface area (Å²) in [5, 5.41) is -0.278. The Labute approximate surface area is 180 Å².